The third kappa shape index (κ3) is 3.72. The van der Waals surface area contributed by atoms with E-state index in [1.165, 1.54) is 0 Å². The molecule has 4 heteroatoms. The van der Waals surface area contributed by atoms with Gasteiger partial charge in [0.15, 0.2) is 0 Å². The second-order valence-electron chi connectivity index (χ2n) is 6.69. The Balaban J connectivity index is 1.78. The largest absolute Gasteiger partial charge is 0.394 e. The van der Waals surface area contributed by atoms with Gasteiger partial charge in [-0.15, -0.1) is 0 Å². The van der Waals surface area contributed by atoms with Crippen molar-refractivity contribution in [3.8, 4) is 17.2 Å². The van der Waals surface area contributed by atoms with Crippen LogP contribution in [0.25, 0.3) is 11.1 Å². The normalized spacial score (nSPS) is 16.0. The lowest BCUT2D eigenvalue weighted by molar-refractivity contribution is 0.0758. The zero-order valence-corrected chi connectivity index (χ0v) is 14.2. The van der Waals surface area contributed by atoms with Crippen LogP contribution in [-0.4, -0.2) is 23.2 Å². The first kappa shape index (κ1) is 17.2. The van der Waals surface area contributed by atoms with Crippen LogP contribution in [0.5, 0.6) is 0 Å². The highest BCUT2D eigenvalue weighted by Gasteiger charge is 2.33. The van der Waals surface area contributed by atoms with Crippen LogP contribution >= 0.6 is 0 Å². The van der Waals surface area contributed by atoms with Crippen LogP contribution in [0.4, 0.5) is 0 Å². The molecule has 0 atom stereocenters. The van der Waals surface area contributed by atoms with E-state index in [1.54, 1.807) is 18.2 Å². The Morgan fingerprint density at radius 2 is 1.76 bits per heavy atom. The Bertz CT molecular complexity index is 784. The Morgan fingerprint density at radius 1 is 1.08 bits per heavy atom. The molecule has 4 nitrogen and oxygen atoms in total. The van der Waals surface area contributed by atoms with E-state index in [2.05, 4.69) is 11.4 Å². The predicted octanol–water partition coefficient (Wildman–Crippen LogP) is 3.65. The number of nitriles is 1. The molecule has 2 N–H and O–H groups in total. The highest BCUT2D eigenvalue weighted by Crippen LogP contribution is 2.28. The maximum absolute atomic E-state index is 12.6. The third-order valence-electron chi connectivity index (χ3n) is 5.00. The molecule has 128 valence electrons. The van der Waals surface area contributed by atoms with Gasteiger partial charge in [0.25, 0.3) is 5.91 Å². The predicted molar refractivity (Wildman–Crippen MR) is 97.0 cm³/mol. The molecule has 25 heavy (non-hydrogen) atoms. The van der Waals surface area contributed by atoms with Crippen molar-refractivity contribution in [3.05, 3.63) is 59.7 Å². The van der Waals surface area contributed by atoms with Gasteiger partial charge in [-0.25, -0.2) is 0 Å². The summed E-state index contributed by atoms with van der Waals surface area (Å²) >= 11 is 0. The van der Waals surface area contributed by atoms with Crippen molar-refractivity contribution in [1.29, 1.82) is 5.26 Å². The molecule has 0 aliphatic heterocycles. The van der Waals surface area contributed by atoms with Crippen LogP contribution in [0.2, 0.25) is 0 Å². The monoisotopic (exact) mass is 334 g/mol. The standard InChI is InChI=1S/C21H22N2O2/c22-14-18-6-2-3-7-19(18)16-8-10-17(11-9-16)20(25)23-21(15-24)12-4-1-5-13-21/h2-3,6-11,24H,1,4-5,12-13,15H2,(H,23,25). The summed E-state index contributed by atoms with van der Waals surface area (Å²) in [6, 6.07) is 16.9. The first-order valence-corrected chi connectivity index (χ1v) is 8.70. The third-order valence-corrected chi connectivity index (χ3v) is 5.00. The van der Waals surface area contributed by atoms with Gasteiger partial charge in [-0.1, -0.05) is 49.6 Å². The Morgan fingerprint density at radius 3 is 2.40 bits per heavy atom. The van der Waals surface area contributed by atoms with E-state index in [-0.39, 0.29) is 12.5 Å². The fraction of sp³-hybridized carbons (Fsp3) is 0.333. The highest BCUT2D eigenvalue weighted by molar-refractivity contribution is 5.95. The fourth-order valence-corrected chi connectivity index (χ4v) is 3.50. The molecular formula is C21H22N2O2. The van der Waals surface area contributed by atoms with Crippen LogP contribution in [0, 0.1) is 11.3 Å². The zero-order chi connectivity index (χ0) is 17.7. The number of carbonyl (C=O) groups is 1. The van der Waals surface area contributed by atoms with Gasteiger partial charge in [0.05, 0.1) is 23.8 Å². The van der Waals surface area contributed by atoms with Crippen molar-refractivity contribution in [2.24, 2.45) is 0 Å². The number of hydrogen-bond donors (Lipinski definition) is 2. The number of nitrogens with zero attached hydrogens (tertiary/aromatic N) is 1. The zero-order valence-electron chi connectivity index (χ0n) is 14.2. The summed E-state index contributed by atoms with van der Waals surface area (Å²) in [6.07, 6.45) is 4.87. The molecule has 0 aromatic heterocycles. The summed E-state index contributed by atoms with van der Waals surface area (Å²) < 4.78 is 0. The average molecular weight is 334 g/mol. The van der Waals surface area contributed by atoms with Gasteiger partial charge in [-0.2, -0.15) is 5.26 Å². The van der Waals surface area contributed by atoms with Crippen molar-refractivity contribution in [2.75, 3.05) is 6.61 Å². The molecule has 1 aliphatic rings. The van der Waals surface area contributed by atoms with Crippen molar-refractivity contribution in [1.82, 2.24) is 5.32 Å². The quantitative estimate of drug-likeness (QED) is 0.896. The van der Waals surface area contributed by atoms with E-state index < -0.39 is 5.54 Å². The molecule has 0 radical (unpaired) electrons. The summed E-state index contributed by atoms with van der Waals surface area (Å²) in [5, 5.41) is 22.0. The minimum atomic E-state index is -0.485. The molecule has 1 aliphatic carbocycles. The minimum absolute atomic E-state index is 0.0215. The highest BCUT2D eigenvalue weighted by atomic mass is 16.3. The van der Waals surface area contributed by atoms with Gasteiger partial charge in [0.1, 0.15) is 0 Å². The summed E-state index contributed by atoms with van der Waals surface area (Å²) in [6.45, 7) is -0.0215. The van der Waals surface area contributed by atoms with Crippen molar-refractivity contribution < 1.29 is 9.90 Å². The molecule has 1 amide bonds. The number of rotatable bonds is 4. The van der Waals surface area contributed by atoms with Crippen LogP contribution in [0.3, 0.4) is 0 Å². The molecule has 0 heterocycles. The number of carbonyl (C=O) groups excluding carboxylic acids is 1. The van der Waals surface area contributed by atoms with Crippen LogP contribution < -0.4 is 5.32 Å². The molecule has 0 spiro atoms. The van der Waals surface area contributed by atoms with Gasteiger partial charge in [-0.3, -0.25) is 4.79 Å². The van der Waals surface area contributed by atoms with Crippen molar-refractivity contribution in [3.63, 3.8) is 0 Å². The number of benzene rings is 2. The van der Waals surface area contributed by atoms with Crippen molar-refractivity contribution in [2.45, 2.75) is 37.6 Å². The van der Waals surface area contributed by atoms with Gasteiger partial charge in [-0.05, 0) is 42.2 Å². The molecule has 2 aromatic rings. The summed E-state index contributed by atoms with van der Waals surface area (Å²) in [7, 11) is 0. The fourth-order valence-electron chi connectivity index (χ4n) is 3.50. The van der Waals surface area contributed by atoms with E-state index >= 15 is 0 Å². The van der Waals surface area contributed by atoms with Crippen LogP contribution in [0.15, 0.2) is 48.5 Å². The number of nitrogens with one attached hydrogen (secondary N) is 1. The second-order valence-corrected chi connectivity index (χ2v) is 6.69. The molecule has 0 unspecified atom stereocenters. The van der Waals surface area contributed by atoms with E-state index in [0.29, 0.717) is 11.1 Å². The lowest BCUT2D eigenvalue weighted by atomic mass is 9.82. The molecule has 2 aromatic carbocycles. The summed E-state index contributed by atoms with van der Waals surface area (Å²) in [5.41, 5.74) is 2.46. The number of aliphatic hydroxyl groups excluding tert-OH is 1. The van der Waals surface area contributed by atoms with Crippen LogP contribution in [0.1, 0.15) is 48.0 Å². The molecular weight excluding hydrogens is 312 g/mol. The maximum atomic E-state index is 12.6. The molecule has 3 rings (SSSR count). The second kappa shape index (κ2) is 7.50. The van der Waals surface area contributed by atoms with Gasteiger partial charge in [0, 0.05) is 5.56 Å². The Kier molecular flexibility index (Phi) is 5.16. The summed E-state index contributed by atoms with van der Waals surface area (Å²) in [5.74, 6) is -0.156. The molecule has 0 saturated heterocycles. The van der Waals surface area contributed by atoms with Gasteiger partial charge >= 0.3 is 0 Å². The van der Waals surface area contributed by atoms with E-state index in [1.807, 2.05) is 30.3 Å². The van der Waals surface area contributed by atoms with E-state index in [4.69, 9.17) is 0 Å². The molecule has 1 fully saturated rings. The van der Waals surface area contributed by atoms with E-state index in [0.717, 1.165) is 43.2 Å². The topological polar surface area (TPSA) is 73.1 Å². The first-order chi connectivity index (χ1) is 12.2. The smallest absolute Gasteiger partial charge is 0.251 e. The lowest BCUT2D eigenvalue weighted by Crippen LogP contribution is -2.52. The molecule has 0 bridgehead atoms. The number of aliphatic hydroxyl groups is 1. The minimum Gasteiger partial charge on any atom is -0.394 e. The number of amides is 1. The van der Waals surface area contributed by atoms with Crippen molar-refractivity contribution >= 4 is 5.91 Å². The maximum Gasteiger partial charge on any atom is 0.251 e. The molecule has 1 saturated carbocycles. The van der Waals surface area contributed by atoms with Crippen LogP contribution in [-0.2, 0) is 0 Å². The van der Waals surface area contributed by atoms with Gasteiger partial charge in [0.2, 0.25) is 0 Å². The Labute approximate surface area is 148 Å². The summed E-state index contributed by atoms with van der Waals surface area (Å²) in [4.78, 5) is 12.6. The first-order valence-electron chi connectivity index (χ1n) is 8.70. The SMILES string of the molecule is N#Cc1ccccc1-c1ccc(C(=O)NC2(CO)CCCCC2)cc1. The number of hydrogen-bond acceptors (Lipinski definition) is 3. The van der Waals surface area contributed by atoms with E-state index in [9.17, 15) is 15.2 Å². The average Bonchev–Trinajstić information content (AvgIpc) is 2.68. The van der Waals surface area contributed by atoms with Gasteiger partial charge < -0.3 is 10.4 Å². The Hall–Kier alpha value is -2.64. The lowest BCUT2D eigenvalue weighted by Gasteiger charge is -2.36.